The van der Waals surface area contributed by atoms with Gasteiger partial charge in [0.2, 0.25) is 0 Å². The van der Waals surface area contributed by atoms with Gasteiger partial charge in [-0.25, -0.2) is 0 Å². The average molecular weight is 221 g/mol. The predicted molar refractivity (Wildman–Crippen MR) is 63.2 cm³/mol. The number of nitrogens with one attached hydrogen (secondary N) is 1. The van der Waals surface area contributed by atoms with Crippen molar-refractivity contribution in [1.29, 1.82) is 0 Å². The first kappa shape index (κ1) is 10.6. The Morgan fingerprint density at radius 1 is 1.33 bits per heavy atom. The molecule has 15 heavy (non-hydrogen) atoms. The van der Waals surface area contributed by atoms with Gasteiger partial charge < -0.3 is 5.32 Å². The topological polar surface area (TPSA) is 29.1 Å². The molecule has 0 spiro atoms. The molecule has 0 radical (unpaired) electrons. The standard InChI is InChI=1S/C12H15NOS/c1-12(2,3)15-9-5-4-8-7-13-11(14)10(8)6-9/h4-6H,7H2,1-3H3,(H,13,14). The van der Waals surface area contributed by atoms with Crippen LogP contribution < -0.4 is 5.32 Å². The number of rotatable bonds is 1. The third-order valence-electron chi connectivity index (χ3n) is 2.19. The van der Waals surface area contributed by atoms with Crippen LogP contribution in [0.2, 0.25) is 0 Å². The molecular weight excluding hydrogens is 206 g/mol. The lowest BCUT2D eigenvalue weighted by Crippen LogP contribution is -2.12. The van der Waals surface area contributed by atoms with Crippen LogP contribution in [0.1, 0.15) is 36.7 Å². The smallest absolute Gasteiger partial charge is 0.251 e. The van der Waals surface area contributed by atoms with Crippen LogP contribution in [0.25, 0.3) is 0 Å². The van der Waals surface area contributed by atoms with Crippen molar-refractivity contribution >= 4 is 17.7 Å². The van der Waals surface area contributed by atoms with Crippen molar-refractivity contribution in [3.05, 3.63) is 29.3 Å². The molecule has 0 atom stereocenters. The summed E-state index contributed by atoms with van der Waals surface area (Å²) in [6.07, 6.45) is 0. The zero-order valence-corrected chi connectivity index (χ0v) is 10.1. The maximum Gasteiger partial charge on any atom is 0.251 e. The largest absolute Gasteiger partial charge is 0.348 e. The minimum Gasteiger partial charge on any atom is -0.348 e. The summed E-state index contributed by atoms with van der Waals surface area (Å²) >= 11 is 1.79. The van der Waals surface area contributed by atoms with E-state index in [1.54, 1.807) is 11.8 Å². The van der Waals surface area contributed by atoms with E-state index in [9.17, 15) is 4.79 Å². The molecule has 1 amide bonds. The molecule has 0 unspecified atom stereocenters. The van der Waals surface area contributed by atoms with Gasteiger partial charge in [0, 0.05) is 21.8 Å². The van der Waals surface area contributed by atoms with E-state index in [4.69, 9.17) is 0 Å². The van der Waals surface area contributed by atoms with Gasteiger partial charge in [0.15, 0.2) is 0 Å². The Bertz CT molecular complexity index is 407. The van der Waals surface area contributed by atoms with E-state index < -0.39 is 0 Å². The fourth-order valence-electron chi connectivity index (χ4n) is 1.61. The maximum absolute atomic E-state index is 11.5. The number of hydrogen-bond acceptors (Lipinski definition) is 2. The first-order valence-corrected chi connectivity index (χ1v) is 5.87. The van der Waals surface area contributed by atoms with Gasteiger partial charge in [0.05, 0.1) is 0 Å². The second-order valence-corrected chi connectivity index (χ2v) is 6.62. The van der Waals surface area contributed by atoms with Gasteiger partial charge in [0.25, 0.3) is 5.91 Å². The molecule has 0 saturated heterocycles. The second kappa shape index (κ2) is 3.56. The third-order valence-corrected chi connectivity index (χ3v) is 3.29. The third kappa shape index (κ3) is 2.34. The number of amides is 1. The van der Waals surface area contributed by atoms with Crippen LogP contribution in [-0.4, -0.2) is 10.7 Å². The first-order valence-electron chi connectivity index (χ1n) is 5.06. The quantitative estimate of drug-likeness (QED) is 0.739. The number of thioether (sulfide) groups is 1. The van der Waals surface area contributed by atoms with E-state index >= 15 is 0 Å². The van der Waals surface area contributed by atoms with Crippen LogP contribution in [0.3, 0.4) is 0 Å². The maximum atomic E-state index is 11.5. The van der Waals surface area contributed by atoms with Gasteiger partial charge >= 0.3 is 0 Å². The number of hydrogen-bond donors (Lipinski definition) is 1. The summed E-state index contributed by atoms with van der Waals surface area (Å²) in [5.74, 6) is 0.0568. The highest BCUT2D eigenvalue weighted by Crippen LogP contribution is 2.33. The molecule has 80 valence electrons. The summed E-state index contributed by atoms with van der Waals surface area (Å²) in [6.45, 7) is 7.19. The molecule has 0 fully saturated rings. The Morgan fingerprint density at radius 3 is 2.73 bits per heavy atom. The van der Waals surface area contributed by atoms with Gasteiger partial charge in [-0.05, 0) is 17.7 Å². The number of benzene rings is 1. The Hall–Kier alpha value is -0.960. The molecule has 0 aliphatic carbocycles. The fraction of sp³-hybridized carbons (Fsp3) is 0.417. The van der Waals surface area contributed by atoms with Crippen molar-refractivity contribution in [3.8, 4) is 0 Å². The van der Waals surface area contributed by atoms with Gasteiger partial charge in [-0.15, -0.1) is 11.8 Å². The molecule has 1 aromatic rings. The Labute approximate surface area is 94.4 Å². The first-order chi connectivity index (χ1) is 6.96. The fourth-order valence-corrected chi connectivity index (χ4v) is 2.63. The summed E-state index contributed by atoms with van der Waals surface area (Å²) < 4.78 is 0.184. The molecule has 0 bridgehead atoms. The number of carbonyl (C=O) groups excluding carboxylic acids is 1. The van der Waals surface area contributed by atoms with Crippen molar-refractivity contribution in [1.82, 2.24) is 5.32 Å². The van der Waals surface area contributed by atoms with Crippen LogP contribution in [-0.2, 0) is 6.54 Å². The van der Waals surface area contributed by atoms with Crippen LogP contribution >= 0.6 is 11.8 Å². The highest BCUT2D eigenvalue weighted by atomic mass is 32.2. The molecule has 1 heterocycles. The minimum atomic E-state index is 0.0568. The molecule has 1 aliphatic rings. The molecule has 1 aliphatic heterocycles. The van der Waals surface area contributed by atoms with Crippen LogP contribution in [0.5, 0.6) is 0 Å². The molecule has 0 aromatic heterocycles. The van der Waals surface area contributed by atoms with Crippen molar-refractivity contribution in [3.63, 3.8) is 0 Å². The molecular formula is C12H15NOS. The SMILES string of the molecule is CC(C)(C)Sc1ccc2c(c1)C(=O)NC2. The lowest BCUT2D eigenvalue weighted by molar-refractivity contribution is 0.0965. The summed E-state index contributed by atoms with van der Waals surface area (Å²) in [5, 5.41) is 2.83. The van der Waals surface area contributed by atoms with Crippen molar-refractivity contribution in [2.75, 3.05) is 0 Å². The van der Waals surface area contributed by atoms with Crippen LogP contribution in [0, 0.1) is 0 Å². The minimum absolute atomic E-state index is 0.0568. The zero-order valence-electron chi connectivity index (χ0n) is 9.26. The second-order valence-electron chi connectivity index (χ2n) is 4.72. The normalized spacial score (nSPS) is 15.0. The Morgan fingerprint density at radius 2 is 2.07 bits per heavy atom. The summed E-state index contributed by atoms with van der Waals surface area (Å²) in [7, 11) is 0. The van der Waals surface area contributed by atoms with Crippen molar-refractivity contribution in [2.45, 2.75) is 37.0 Å². The van der Waals surface area contributed by atoms with E-state index in [-0.39, 0.29) is 10.7 Å². The predicted octanol–water partition coefficient (Wildman–Crippen LogP) is 2.82. The van der Waals surface area contributed by atoms with Gasteiger partial charge in [-0.2, -0.15) is 0 Å². The monoisotopic (exact) mass is 221 g/mol. The summed E-state index contributed by atoms with van der Waals surface area (Å²) in [5.41, 5.74) is 1.95. The molecule has 1 N–H and O–H groups in total. The summed E-state index contributed by atoms with van der Waals surface area (Å²) in [6, 6.07) is 6.13. The Balaban J connectivity index is 2.30. The molecule has 0 saturated carbocycles. The van der Waals surface area contributed by atoms with Crippen LogP contribution in [0.15, 0.2) is 23.1 Å². The van der Waals surface area contributed by atoms with Gasteiger partial charge in [-0.3, -0.25) is 4.79 Å². The highest BCUT2D eigenvalue weighted by molar-refractivity contribution is 8.00. The van der Waals surface area contributed by atoms with Crippen LogP contribution in [0.4, 0.5) is 0 Å². The lowest BCUT2D eigenvalue weighted by atomic mass is 10.1. The van der Waals surface area contributed by atoms with Crippen molar-refractivity contribution < 1.29 is 4.79 Å². The Kier molecular flexibility index (Phi) is 2.51. The zero-order chi connectivity index (χ0) is 11.1. The van der Waals surface area contributed by atoms with E-state index in [0.29, 0.717) is 6.54 Å². The van der Waals surface area contributed by atoms with Gasteiger partial charge in [0.1, 0.15) is 0 Å². The van der Waals surface area contributed by atoms with E-state index in [2.05, 4.69) is 32.2 Å². The number of carbonyl (C=O) groups is 1. The molecule has 2 rings (SSSR count). The molecule has 3 heteroatoms. The van der Waals surface area contributed by atoms with Gasteiger partial charge in [-0.1, -0.05) is 26.8 Å². The number of fused-ring (bicyclic) bond motifs is 1. The van der Waals surface area contributed by atoms with E-state index in [1.165, 1.54) is 4.90 Å². The lowest BCUT2D eigenvalue weighted by Gasteiger charge is -2.17. The molecule has 2 nitrogen and oxygen atoms in total. The average Bonchev–Trinajstić information content (AvgIpc) is 2.45. The van der Waals surface area contributed by atoms with E-state index in [1.807, 2.05) is 12.1 Å². The van der Waals surface area contributed by atoms with E-state index in [0.717, 1.165) is 11.1 Å². The highest BCUT2D eigenvalue weighted by Gasteiger charge is 2.20. The summed E-state index contributed by atoms with van der Waals surface area (Å²) in [4.78, 5) is 12.6. The van der Waals surface area contributed by atoms with Crippen molar-refractivity contribution in [2.24, 2.45) is 0 Å². The molecule has 1 aromatic carbocycles.